The van der Waals surface area contributed by atoms with Crippen molar-refractivity contribution >= 4 is 16.9 Å². The fourth-order valence-corrected chi connectivity index (χ4v) is 2.26. The van der Waals surface area contributed by atoms with Crippen LogP contribution in [-0.4, -0.2) is 27.2 Å². The Kier molecular flexibility index (Phi) is 4.06. The first-order valence-corrected chi connectivity index (χ1v) is 7.44. The third kappa shape index (κ3) is 3.06. The third-order valence-corrected chi connectivity index (χ3v) is 3.40. The Morgan fingerprint density at radius 2 is 2.00 bits per heavy atom. The minimum absolute atomic E-state index is 0.238. The fraction of sp³-hybridized carbons (Fsp3) is 0.235. The van der Waals surface area contributed by atoms with Gasteiger partial charge in [-0.1, -0.05) is 13.8 Å². The molecular formula is C17H17FN4O. The molecule has 0 bridgehead atoms. The summed E-state index contributed by atoms with van der Waals surface area (Å²) in [5.41, 5.74) is 1.53. The lowest BCUT2D eigenvalue weighted by Crippen LogP contribution is -2.27. The number of benzene rings is 1. The van der Waals surface area contributed by atoms with Crippen LogP contribution in [-0.2, 0) is 0 Å². The summed E-state index contributed by atoms with van der Waals surface area (Å²) < 4.78 is 14.7. The molecule has 1 aromatic carbocycles. The van der Waals surface area contributed by atoms with Crippen molar-refractivity contribution in [3.63, 3.8) is 0 Å². The number of nitrogens with one attached hydrogen (secondary N) is 1. The van der Waals surface area contributed by atoms with Crippen molar-refractivity contribution in [3.05, 3.63) is 54.1 Å². The van der Waals surface area contributed by atoms with Crippen LogP contribution in [0.3, 0.4) is 0 Å². The standard InChI is InChI=1S/C17H17FN4O/c1-11(2)10-20-17(23)15-14-4-3-9-19-16(14)22(21-15)13-7-5-12(18)6-8-13/h3-9,11H,10H2,1-2H3,(H,20,23). The van der Waals surface area contributed by atoms with E-state index in [0.717, 1.165) is 0 Å². The zero-order chi connectivity index (χ0) is 16.4. The van der Waals surface area contributed by atoms with E-state index in [4.69, 9.17) is 0 Å². The number of rotatable bonds is 4. The van der Waals surface area contributed by atoms with Crippen LogP contribution in [0.1, 0.15) is 24.3 Å². The summed E-state index contributed by atoms with van der Waals surface area (Å²) in [5, 5.41) is 7.91. The van der Waals surface area contributed by atoms with Crippen LogP contribution < -0.4 is 5.32 Å². The number of hydrogen-bond acceptors (Lipinski definition) is 3. The highest BCUT2D eigenvalue weighted by atomic mass is 19.1. The molecule has 3 aromatic rings. The molecule has 0 saturated heterocycles. The highest BCUT2D eigenvalue weighted by Gasteiger charge is 2.18. The van der Waals surface area contributed by atoms with Gasteiger partial charge >= 0.3 is 0 Å². The number of carbonyl (C=O) groups is 1. The Bertz CT molecular complexity index is 839. The number of pyridine rings is 1. The van der Waals surface area contributed by atoms with E-state index in [1.165, 1.54) is 12.1 Å². The summed E-state index contributed by atoms with van der Waals surface area (Å²) in [5.74, 6) is -0.215. The van der Waals surface area contributed by atoms with Gasteiger partial charge in [-0.3, -0.25) is 4.79 Å². The van der Waals surface area contributed by atoms with E-state index < -0.39 is 0 Å². The Morgan fingerprint density at radius 3 is 2.70 bits per heavy atom. The van der Waals surface area contributed by atoms with Crippen molar-refractivity contribution in [1.29, 1.82) is 0 Å². The number of aromatic nitrogens is 3. The van der Waals surface area contributed by atoms with E-state index in [9.17, 15) is 9.18 Å². The largest absolute Gasteiger partial charge is 0.350 e. The number of hydrogen-bond donors (Lipinski definition) is 1. The number of amides is 1. The molecule has 23 heavy (non-hydrogen) atoms. The smallest absolute Gasteiger partial charge is 0.272 e. The number of nitrogens with zero attached hydrogens (tertiary/aromatic N) is 3. The number of carbonyl (C=O) groups excluding carboxylic acids is 1. The molecule has 0 aliphatic carbocycles. The van der Waals surface area contributed by atoms with Gasteiger partial charge in [0, 0.05) is 12.7 Å². The second-order valence-corrected chi connectivity index (χ2v) is 5.72. The Labute approximate surface area is 133 Å². The maximum absolute atomic E-state index is 13.1. The van der Waals surface area contributed by atoms with Crippen molar-refractivity contribution in [2.24, 2.45) is 5.92 Å². The Balaban J connectivity index is 2.06. The molecule has 1 amide bonds. The predicted molar refractivity (Wildman–Crippen MR) is 86.0 cm³/mol. The molecule has 6 heteroatoms. The second kappa shape index (κ2) is 6.16. The van der Waals surface area contributed by atoms with E-state index in [2.05, 4.69) is 15.4 Å². The lowest BCUT2D eigenvalue weighted by atomic mass is 10.2. The van der Waals surface area contributed by atoms with Crippen molar-refractivity contribution < 1.29 is 9.18 Å². The zero-order valence-electron chi connectivity index (χ0n) is 13.0. The SMILES string of the molecule is CC(C)CNC(=O)c1nn(-c2ccc(F)cc2)c2ncccc12. The van der Waals surface area contributed by atoms with Gasteiger partial charge in [-0.25, -0.2) is 14.1 Å². The molecule has 0 atom stereocenters. The van der Waals surface area contributed by atoms with Gasteiger partial charge in [0.05, 0.1) is 11.1 Å². The van der Waals surface area contributed by atoms with Crippen LogP contribution in [0.15, 0.2) is 42.6 Å². The van der Waals surface area contributed by atoms with Crippen LogP contribution in [0.5, 0.6) is 0 Å². The molecule has 0 saturated carbocycles. The maximum Gasteiger partial charge on any atom is 0.272 e. The third-order valence-electron chi connectivity index (χ3n) is 3.40. The molecule has 0 unspecified atom stereocenters. The van der Waals surface area contributed by atoms with Gasteiger partial charge in [-0.15, -0.1) is 0 Å². The van der Waals surface area contributed by atoms with Crippen LogP contribution in [0.2, 0.25) is 0 Å². The fourth-order valence-electron chi connectivity index (χ4n) is 2.26. The topological polar surface area (TPSA) is 59.8 Å². The predicted octanol–water partition coefficient (Wildman–Crippen LogP) is 2.95. The first-order valence-electron chi connectivity index (χ1n) is 7.44. The quantitative estimate of drug-likeness (QED) is 0.806. The van der Waals surface area contributed by atoms with Gasteiger partial charge in [0.15, 0.2) is 11.3 Å². The van der Waals surface area contributed by atoms with Crippen LogP contribution in [0.4, 0.5) is 4.39 Å². The average molecular weight is 312 g/mol. The van der Waals surface area contributed by atoms with Gasteiger partial charge in [0.2, 0.25) is 0 Å². The molecule has 0 aliphatic rings. The molecule has 3 rings (SSSR count). The monoisotopic (exact) mass is 312 g/mol. The molecule has 0 fully saturated rings. The molecule has 1 N–H and O–H groups in total. The van der Waals surface area contributed by atoms with Crippen molar-refractivity contribution in [3.8, 4) is 5.69 Å². The first-order chi connectivity index (χ1) is 11.1. The lowest BCUT2D eigenvalue weighted by Gasteiger charge is -2.05. The van der Waals surface area contributed by atoms with Crippen LogP contribution in [0, 0.1) is 11.7 Å². The van der Waals surface area contributed by atoms with Gasteiger partial charge < -0.3 is 5.32 Å². The molecule has 0 radical (unpaired) electrons. The molecule has 0 aliphatic heterocycles. The van der Waals surface area contributed by atoms with Crippen molar-refractivity contribution in [2.75, 3.05) is 6.54 Å². The summed E-state index contributed by atoms with van der Waals surface area (Å²) in [7, 11) is 0. The number of halogens is 1. The van der Waals surface area contributed by atoms with Gasteiger partial charge in [0.25, 0.3) is 5.91 Å². The molecular weight excluding hydrogens is 295 g/mol. The van der Waals surface area contributed by atoms with Gasteiger partial charge in [0.1, 0.15) is 5.82 Å². The van der Waals surface area contributed by atoms with Crippen molar-refractivity contribution in [2.45, 2.75) is 13.8 Å². The zero-order valence-corrected chi connectivity index (χ0v) is 13.0. The van der Waals surface area contributed by atoms with Gasteiger partial charge in [-0.05, 0) is 42.3 Å². The van der Waals surface area contributed by atoms with Crippen LogP contribution in [0.25, 0.3) is 16.7 Å². The Morgan fingerprint density at radius 1 is 1.26 bits per heavy atom. The normalized spacial score (nSPS) is 11.1. The highest BCUT2D eigenvalue weighted by Crippen LogP contribution is 2.20. The highest BCUT2D eigenvalue weighted by molar-refractivity contribution is 6.04. The summed E-state index contributed by atoms with van der Waals surface area (Å²) in [6.45, 7) is 4.62. The van der Waals surface area contributed by atoms with E-state index in [-0.39, 0.29) is 11.7 Å². The summed E-state index contributed by atoms with van der Waals surface area (Å²) in [6.07, 6.45) is 1.64. The molecule has 118 valence electrons. The van der Waals surface area contributed by atoms with Crippen molar-refractivity contribution in [1.82, 2.24) is 20.1 Å². The lowest BCUT2D eigenvalue weighted by molar-refractivity contribution is 0.0945. The summed E-state index contributed by atoms with van der Waals surface area (Å²) in [4.78, 5) is 16.7. The maximum atomic E-state index is 13.1. The van der Waals surface area contributed by atoms with E-state index in [1.807, 2.05) is 13.8 Å². The Hall–Kier alpha value is -2.76. The molecule has 5 nitrogen and oxygen atoms in total. The van der Waals surface area contributed by atoms with E-state index >= 15 is 0 Å². The van der Waals surface area contributed by atoms with E-state index in [0.29, 0.717) is 34.9 Å². The molecule has 2 aromatic heterocycles. The number of fused-ring (bicyclic) bond motifs is 1. The summed E-state index contributed by atoms with van der Waals surface area (Å²) >= 11 is 0. The minimum Gasteiger partial charge on any atom is -0.350 e. The second-order valence-electron chi connectivity index (χ2n) is 5.72. The average Bonchev–Trinajstić information content (AvgIpc) is 2.93. The molecule has 0 spiro atoms. The van der Waals surface area contributed by atoms with Crippen LogP contribution >= 0.6 is 0 Å². The molecule has 2 heterocycles. The minimum atomic E-state index is -0.326. The van der Waals surface area contributed by atoms with E-state index in [1.54, 1.807) is 35.1 Å². The summed E-state index contributed by atoms with van der Waals surface area (Å²) in [6, 6.07) is 9.48. The van der Waals surface area contributed by atoms with Gasteiger partial charge in [-0.2, -0.15) is 5.10 Å². The first kappa shape index (κ1) is 15.1.